The molecule has 0 N–H and O–H groups in total. The molecule has 52 valence electrons. The summed E-state index contributed by atoms with van der Waals surface area (Å²) in [4.78, 5) is 17.7. The highest BCUT2D eigenvalue weighted by Crippen LogP contribution is 2.24. The van der Waals surface area contributed by atoms with E-state index >= 15 is 0 Å². The van der Waals surface area contributed by atoms with Crippen molar-refractivity contribution in [3.05, 3.63) is 27.7 Å². The highest BCUT2D eigenvalue weighted by Gasteiger charge is 2.35. The first kappa shape index (κ1) is 5.79. The van der Waals surface area contributed by atoms with Crippen molar-refractivity contribution in [1.82, 2.24) is 4.90 Å². The molecule has 0 amide bonds. The fraction of sp³-hybridized carbons (Fsp3) is 0.200. The molecule has 0 radical (unpaired) electrons. The van der Waals surface area contributed by atoms with Gasteiger partial charge in [-0.05, 0) is 4.91 Å². The molecule has 0 aliphatic carbocycles. The van der Waals surface area contributed by atoms with Crippen LogP contribution in [0.2, 0.25) is 0 Å². The maximum absolute atomic E-state index is 10.7. The normalized spacial score (nSPS) is 22.2. The molecule has 0 bridgehead atoms. The second-order valence-electron chi connectivity index (χ2n) is 1.88. The highest BCUT2D eigenvalue weighted by molar-refractivity contribution is 8.04. The van der Waals surface area contributed by atoms with Gasteiger partial charge in [0.25, 0.3) is 6.73 Å². The van der Waals surface area contributed by atoms with Gasteiger partial charge in [-0.2, -0.15) is 4.90 Å². The lowest BCUT2D eigenvalue weighted by atomic mass is 10.7. The van der Waals surface area contributed by atoms with Crippen molar-refractivity contribution in [2.24, 2.45) is 0 Å². The summed E-state index contributed by atoms with van der Waals surface area (Å²) in [5, 5.41) is 3.64. The van der Waals surface area contributed by atoms with Gasteiger partial charge >= 0.3 is 5.82 Å². The topological polar surface area (TPSA) is 32.5 Å². The molecule has 1 saturated heterocycles. The van der Waals surface area contributed by atoms with E-state index in [0.29, 0.717) is 17.5 Å². The molecule has 0 aromatic rings. The number of hydrogen-bond donors (Lipinski definition) is 0. The minimum absolute atomic E-state index is 0.326. The lowest BCUT2D eigenvalue weighted by Gasteiger charge is -2.00. The van der Waals surface area contributed by atoms with E-state index in [-0.39, 0.29) is 0 Å². The van der Waals surface area contributed by atoms with Crippen LogP contribution in [0.5, 0.6) is 0 Å². The Morgan fingerprint density at radius 1 is 1.80 bits per heavy atom. The summed E-state index contributed by atoms with van der Waals surface area (Å²) in [5.74, 6) is 0.563. The highest BCUT2D eigenvalue weighted by atomic mass is 32.2. The van der Waals surface area contributed by atoms with Crippen LogP contribution in [0.15, 0.2) is 22.8 Å². The Labute approximate surface area is 61.7 Å². The van der Waals surface area contributed by atoms with Crippen LogP contribution in [0.1, 0.15) is 0 Å². The number of nitrogens with zero attached hydrogens (tertiary/aromatic N) is 2. The van der Waals surface area contributed by atoms with Crippen LogP contribution in [-0.2, 0) is 4.84 Å². The summed E-state index contributed by atoms with van der Waals surface area (Å²) in [6, 6.07) is 0. The Morgan fingerprint density at radius 3 is 3.50 bits per heavy atom. The Bertz CT molecular complexity index is 236. The molecule has 0 unspecified atom stereocenters. The van der Waals surface area contributed by atoms with Crippen LogP contribution in [0.25, 0.3) is 0 Å². The fourth-order valence-electron chi connectivity index (χ4n) is 0.791. The smallest absolute Gasteiger partial charge is 0.252 e. The third kappa shape index (κ3) is 0.706. The van der Waals surface area contributed by atoms with E-state index in [1.165, 1.54) is 11.8 Å². The van der Waals surface area contributed by atoms with E-state index < -0.39 is 0 Å². The van der Waals surface area contributed by atoms with Gasteiger partial charge in [-0.1, -0.05) is 11.8 Å². The zero-order valence-electron chi connectivity index (χ0n) is 5.06. The lowest BCUT2D eigenvalue weighted by molar-refractivity contribution is -0.749. The van der Waals surface area contributed by atoms with Crippen LogP contribution < -0.4 is 0 Å². The number of fused-ring (bicyclic) bond motifs is 1. The molecule has 10 heavy (non-hydrogen) atoms. The molecule has 0 atom stereocenters. The average Bonchev–Trinajstić information content (AvgIpc) is 2.34. The second kappa shape index (κ2) is 2.02. The summed E-state index contributed by atoms with van der Waals surface area (Å²) >= 11 is 1.47. The van der Waals surface area contributed by atoms with Gasteiger partial charge in [0.05, 0.1) is 5.41 Å². The van der Waals surface area contributed by atoms with Crippen LogP contribution >= 0.6 is 11.8 Å². The number of thioether (sulfide) groups is 1. The zero-order valence-corrected chi connectivity index (χ0v) is 5.87. The first-order valence-electron chi connectivity index (χ1n) is 2.77. The third-order valence-corrected chi connectivity index (χ3v) is 1.91. The van der Waals surface area contributed by atoms with Crippen molar-refractivity contribution < 1.29 is 9.76 Å². The van der Waals surface area contributed by atoms with E-state index in [1.807, 2.05) is 11.6 Å². The zero-order chi connectivity index (χ0) is 6.97. The van der Waals surface area contributed by atoms with Crippen LogP contribution in [-0.4, -0.2) is 16.6 Å². The minimum Gasteiger partial charge on any atom is -0.252 e. The van der Waals surface area contributed by atoms with Gasteiger partial charge in [0.15, 0.2) is 4.92 Å². The average molecular weight is 157 g/mol. The quantitative estimate of drug-likeness (QED) is 0.525. The summed E-state index contributed by atoms with van der Waals surface area (Å²) in [6.07, 6.45) is 1.82. The largest absolute Gasteiger partial charge is 0.378 e. The van der Waals surface area contributed by atoms with E-state index in [1.54, 1.807) is 10.3 Å². The predicted octanol–water partition coefficient (Wildman–Crippen LogP) is 0.987. The van der Waals surface area contributed by atoms with E-state index in [0.717, 1.165) is 0 Å². The van der Waals surface area contributed by atoms with Crippen molar-refractivity contribution in [3.8, 4) is 0 Å². The standard InChI is InChI=1S/C5H5N2O2S/c8-7-5-3-10-2-1-6(5)4-9-7/h1-3H,4H2/q+1. The van der Waals surface area contributed by atoms with Gasteiger partial charge in [-0.25, -0.2) is 0 Å². The summed E-state index contributed by atoms with van der Waals surface area (Å²) < 4.78 is 0. The summed E-state index contributed by atoms with van der Waals surface area (Å²) in [7, 11) is 0. The SMILES string of the molecule is O=[N+]1OCN2C=CSC=C21. The van der Waals surface area contributed by atoms with Crippen LogP contribution in [0, 0.1) is 4.91 Å². The van der Waals surface area contributed by atoms with Crippen molar-refractivity contribution in [2.45, 2.75) is 0 Å². The maximum Gasteiger partial charge on any atom is 0.378 e. The van der Waals surface area contributed by atoms with Gasteiger partial charge < -0.3 is 0 Å². The summed E-state index contributed by atoms with van der Waals surface area (Å²) in [6.45, 7) is 0.326. The van der Waals surface area contributed by atoms with Crippen molar-refractivity contribution >= 4 is 11.8 Å². The molecule has 0 saturated carbocycles. The molecule has 4 nitrogen and oxygen atoms in total. The van der Waals surface area contributed by atoms with Crippen molar-refractivity contribution in [2.75, 3.05) is 6.73 Å². The third-order valence-electron chi connectivity index (χ3n) is 1.29. The molecule has 0 spiro atoms. The lowest BCUT2D eigenvalue weighted by Crippen LogP contribution is -2.12. The molecule has 1 fully saturated rings. The Morgan fingerprint density at radius 2 is 2.70 bits per heavy atom. The predicted molar refractivity (Wildman–Crippen MR) is 36.2 cm³/mol. The van der Waals surface area contributed by atoms with Crippen LogP contribution in [0.4, 0.5) is 0 Å². The van der Waals surface area contributed by atoms with Gasteiger partial charge in [-0.3, -0.25) is 4.84 Å². The molecular formula is C5H5N2O2S+. The van der Waals surface area contributed by atoms with Gasteiger partial charge in [0.1, 0.15) is 6.20 Å². The molecule has 5 heteroatoms. The molecule has 2 rings (SSSR count). The number of rotatable bonds is 0. The Kier molecular flexibility index (Phi) is 1.17. The Balaban J connectivity index is 2.32. The molecular weight excluding hydrogens is 152 g/mol. The van der Waals surface area contributed by atoms with Gasteiger partial charge in [0, 0.05) is 5.41 Å². The van der Waals surface area contributed by atoms with Crippen molar-refractivity contribution in [3.63, 3.8) is 0 Å². The van der Waals surface area contributed by atoms with Crippen molar-refractivity contribution in [1.29, 1.82) is 0 Å². The minimum atomic E-state index is 0.326. The molecule has 2 heterocycles. The molecule has 0 aromatic heterocycles. The van der Waals surface area contributed by atoms with E-state index in [9.17, 15) is 4.91 Å². The molecule has 0 aromatic carbocycles. The molecule has 2 aliphatic rings. The van der Waals surface area contributed by atoms with Gasteiger partial charge in [0.2, 0.25) is 0 Å². The second-order valence-corrected chi connectivity index (χ2v) is 2.66. The number of hydrogen-bond acceptors (Lipinski definition) is 4. The first-order valence-corrected chi connectivity index (χ1v) is 3.71. The van der Waals surface area contributed by atoms with E-state index in [4.69, 9.17) is 0 Å². The molecule has 2 aliphatic heterocycles. The van der Waals surface area contributed by atoms with Gasteiger partial charge in [-0.15, -0.1) is 0 Å². The maximum atomic E-state index is 10.7. The summed E-state index contributed by atoms with van der Waals surface area (Å²) in [5.41, 5.74) is 0. The Hall–Kier alpha value is -0.970. The van der Waals surface area contributed by atoms with E-state index in [2.05, 4.69) is 4.84 Å². The fourth-order valence-corrected chi connectivity index (χ4v) is 1.43. The van der Waals surface area contributed by atoms with Crippen LogP contribution in [0.3, 0.4) is 0 Å². The first-order chi connectivity index (χ1) is 4.88. The monoisotopic (exact) mass is 157 g/mol.